The maximum atomic E-state index is 12.3. The SMILES string of the molecule is COc1cc(/C=C2/C(=O)Nc3ccc(Cl)cc32)c(OC)cc1C. The first-order valence-electron chi connectivity index (χ1n) is 7.09. The number of ether oxygens (including phenoxy) is 2. The van der Waals surface area contributed by atoms with Crippen molar-refractivity contribution in [2.24, 2.45) is 0 Å². The van der Waals surface area contributed by atoms with E-state index in [1.165, 1.54) is 0 Å². The van der Waals surface area contributed by atoms with Gasteiger partial charge in [-0.25, -0.2) is 0 Å². The summed E-state index contributed by atoms with van der Waals surface area (Å²) in [5.74, 6) is 1.25. The number of hydrogen-bond donors (Lipinski definition) is 1. The molecule has 3 rings (SSSR count). The molecule has 0 spiro atoms. The highest BCUT2D eigenvalue weighted by atomic mass is 35.5. The van der Waals surface area contributed by atoms with Crippen LogP contribution in [0.4, 0.5) is 5.69 Å². The second kappa shape index (κ2) is 5.97. The minimum absolute atomic E-state index is 0.163. The number of carbonyl (C=O) groups excluding carboxylic acids is 1. The molecule has 5 heteroatoms. The third-order valence-corrected chi connectivity index (χ3v) is 4.05. The molecule has 4 nitrogen and oxygen atoms in total. The zero-order valence-corrected chi connectivity index (χ0v) is 13.8. The molecule has 1 amide bonds. The van der Waals surface area contributed by atoms with Gasteiger partial charge in [0.05, 0.1) is 14.2 Å². The number of anilines is 1. The van der Waals surface area contributed by atoms with Gasteiger partial charge in [-0.2, -0.15) is 0 Å². The minimum atomic E-state index is -0.163. The monoisotopic (exact) mass is 329 g/mol. The number of carbonyl (C=O) groups is 1. The van der Waals surface area contributed by atoms with Crippen LogP contribution < -0.4 is 14.8 Å². The van der Waals surface area contributed by atoms with Gasteiger partial charge in [0.15, 0.2) is 0 Å². The van der Waals surface area contributed by atoms with Crippen LogP contribution in [0.5, 0.6) is 11.5 Å². The third kappa shape index (κ3) is 2.78. The van der Waals surface area contributed by atoms with Gasteiger partial charge in [-0.15, -0.1) is 0 Å². The Bertz CT molecular complexity index is 827. The lowest BCUT2D eigenvalue weighted by atomic mass is 10.0. The van der Waals surface area contributed by atoms with Gasteiger partial charge in [-0.1, -0.05) is 11.6 Å². The topological polar surface area (TPSA) is 47.6 Å². The highest BCUT2D eigenvalue weighted by Crippen LogP contribution is 2.37. The molecule has 0 saturated carbocycles. The number of hydrogen-bond acceptors (Lipinski definition) is 3. The van der Waals surface area contributed by atoms with Crippen molar-refractivity contribution in [2.75, 3.05) is 19.5 Å². The lowest BCUT2D eigenvalue weighted by Crippen LogP contribution is -2.03. The summed E-state index contributed by atoms with van der Waals surface area (Å²) >= 11 is 6.06. The van der Waals surface area contributed by atoms with Crippen molar-refractivity contribution >= 4 is 34.8 Å². The van der Waals surface area contributed by atoms with E-state index in [0.717, 1.165) is 28.1 Å². The zero-order valence-electron chi connectivity index (χ0n) is 13.1. The van der Waals surface area contributed by atoms with Crippen LogP contribution in [0.3, 0.4) is 0 Å². The Morgan fingerprint density at radius 3 is 2.52 bits per heavy atom. The van der Waals surface area contributed by atoms with E-state index in [1.807, 2.05) is 19.1 Å². The summed E-state index contributed by atoms with van der Waals surface area (Å²) in [6, 6.07) is 9.06. The van der Waals surface area contributed by atoms with Crippen LogP contribution >= 0.6 is 11.6 Å². The van der Waals surface area contributed by atoms with Crippen molar-refractivity contribution < 1.29 is 14.3 Å². The number of aryl methyl sites for hydroxylation is 1. The summed E-state index contributed by atoms with van der Waals surface area (Å²) in [5.41, 5.74) is 3.82. The molecule has 1 aliphatic rings. The predicted octanol–water partition coefficient (Wildman–Crippen LogP) is 4.16. The molecule has 0 unspecified atom stereocenters. The number of fused-ring (bicyclic) bond motifs is 1. The Kier molecular flexibility index (Phi) is 4.01. The number of methoxy groups -OCH3 is 2. The second-order valence-corrected chi connectivity index (χ2v) is 5.70. The third-order valence-electron chi connectivity index (χ3n) is 3.81. The molecule has 1 N–H and O–H groups in total. The number of amides is 1. The van der Waals surface area contributed by atoms with Gasteiger partial charge in [0.1, 0.15) is 11.5 Å². The summed E-state index contributed by atoms with van der Waals surface area (Å²) in [4.78, 5) is 12.3. The zero-order chi connectivity index (χ0) is 16.6. The normalized spacial score (nSPS) is 14.6. The van der Waals surface area contributed by atoms with E-state index in [9.17, 15) is 4.79 Å². The van der Waals surface area contributed by atoms with Gasteiger partial charge in [0, 0.05) is 27.4 Å². The van der Waals surface area contributed by atoms with Crippen molar-refractivity contribution in [2.45, 2.75) is 6.92 Å². The quantitative estimate of drug-likeness (QED) is 0.860. The molecule has 0 bridgehead atoms. The van der Waals surface area contributed by atoms with E-state index in [4.69, 9.17) is 21.1 Å². The van der Waals surface area contributed by atoms with Crippen molar-refractivity contribution in [3.05, 3.63) is 52.0 Å². The highest BCUT2D eigenvalue weighted by Gasteiger charge is 2.24. The van der Waals surface area contributed by atoms with Gasteiger partial charge in [0.25, 0.3) is 5.91 Å². The summed E-state index contributed by atoms with van der Waals surface area (Å²) in [6.45, 7) is 1.94. The highest BCUT2D eigenvalue weighted by molar-refractivity contribution is 6.36. The molecule has 1 aliphatic heterocycles. The smallest absolute Gasteiger partial charge is 0.256 e. The van der Waals surface area contributed by atoms with Crippen LogP contribution in [0, 0.1) is 6.92 Å². The lowest BCUT2D eigenvalue weighted by molar-refractivity contribution is -0.110. The van der Waals surface area contributed by atoms with Crippen molar-refractivity contribution in [1.82, 2.24) is 0 Å². The summed E-state index contributed by atoms with van der Waals surface area (Å²) in [6.07, 6.45) is 1.79. The summed E-state index contributed by atoms with van der Waals surface area (Å²) < 4.78 is 10.8. The van der Waals surface area contributed by atoms with Gasteiger partial charge in [-0.05, 0) is 48.9 Å². The Labute approximate surface area is 139 Å². The average Bonchev–Trinajstić information content (AvgIpc) is 2.84. The Hall–Kier alpha value is -2.46. The maximum absolute atomic E-state index is 12.3. The molecule has 1 heterocycles. The van der Waals surface area contributed by atoms with Crippen LogP contribution in [0.15, 0.2) is 30.3 Å². The molecule has 0 atom stereocenters. The van der Waals surface area contributed by atoms with Gasteiger partial charge >= 0.3 is 0 Å². The Morgan fingerprint density at radius 1 is 1.09 bits per heavy atom. The molecule has 0 aliphatic carbocycles. The molecule has 0 fully saturated rings. The predicted molar refractivity (Wildman–Crippen MR) is 92.2 cm³/mol. The number of nitrogens with one attached hydrogen (secondary N) is 1. The first kappa shape index (κ1) is 15.4. The van der Waals surface area contributed by atoms with Crippen LogP contribution in [0.1, 0.15) is 16.7 Å². The van der Waals surface area contributed by atoms with Crippen molar-refractivity contribution in [1.29, 1.82) is 0 Å². The lowest BCUT2D eigenvalue weighted by Gasteiger charge is -2.11. The van der Waals surface area contributed by atoms with E-state index in [0.29, 0.717) is 16.3 Å². The van der Waals surface area contributed by atoms with E-state index < -0.39 is 0 Å². The second-order valence-electron chi connectivity index (χ2n) is 5.27. The number of benzene rings is 2. The van der Waals surface area contributed by atoms with Crippen molar-refractivity contribution in [3.63, 3.8) is 0 Å². The molecule has 118 valence electrons. The standard InChI is InChI=1S/C18H16ClNO3/c1-10-6-17(23-3)11(8-16(10)22-2)7-14-13-9-12(19)4-5-15(13)20-18(14)21/h4-9H,1-3H3,(H,20,21)/b14-7+. The molecular weight excluding hydrogens is 314 g/mol. The summed E-state index contributed by atoms with van der Waals surface area (Å²) in [5, 5.41) is 3.42. The molecule has 2 aromatic carbocycles. The maximum Gasteiger partial charge on any atom is 0.256 e. The molecule has 0 aromatic heterocycles. The fourth-order valence-electron chi connectivity index (χ4n) is 2.65. The van der Waals surface area contributed by atoms with Crippen LogP contribution in [0.25, 0.3) is 11.6 Å². The first-order valence-corrected chi connectivity index (χ1v) is 7.47. The summed E-state index contributed by atoms with van der Waals surface area (Å²) in [7, 11) is 3.21. The van der Waals surface area contributed by atoms with E-state index in [2.05, 4.69) is 5.32 Å². The van der Waals surface area contributed by atoms with Crippen LogP contribution in [-0.4, -0.2) is 20.1 Å². The van der Waals surface area contributed by atoms with Gasteiger partial charge in [-0.3, -0.25) is 4.79 Å². The van der Waals surface area contributed by atoms with E-state index in [1.54, 1.807) is 38.5 Å². The Balaban J connectivity index is 2.16. The van der Waals surface area contributed by atoms with E-state index in [-0.39, 0.29) is 5.91 Å². The molecular formula is C18H16ClNO3. The van der Waals surface area contributed by atoms with Gasteiger partial charge < -0.3 is 14.8 Å². The fourth-order valence-corrected chi connectivity index (χ4v) is 2.82. The number of halogens is 1. The van der Waals surface area contributed by atoms with Crippen LogP contribution in [-0.2, 0) is 4.79 Å². The van der Waals surface area contributed by atoms with Crippen molar-refractivity contribution in [3.8, 4) is 11.5 Å². The van der Waals surface area contributed by atoms with Gasteiger partial charge in [0.2, 0.25) is 0 Å². The first-order chi connectivity index (χ1) is 11.0. The largest absolute Gasteiger partial charge is 0.496 e. The van der Waals surface area contributed by atoms with Crippen LogP contribution in [0.2, 0.25) is 5.02 Å². The molecule has 0 saturated heterocycles. The molecule has 23 heavy (non-hydrogen) atoms. The number of rotatable bonds is 3. The molecule has 0 radical (unpaired) electrons. The average molecular weight is 330 g/mol. The molecule has 2 aromatic rings. The minimum Gasteiger partial charge on any atom is -0.496 e. The fraction of sp³-hybridized carbons (Fsp3) is 0.167. The van der Waals surface area contributed by atoms with E-state index >= 15 is 0 Å². The Morgan fingerprint density at radius 2 is 1.83 bits per heavy atom.